The molecular formula is C18H23NO4S. The summed E-state index contributed by atoms with van der Waals surface area (Å²) >= 11 is 0. The van der Waals surface area contributed by atoms with E-state index in [1.807, 2.05) is 31.2 Å². The van der Waals surface area contributed by atoms with Gasteiger partial charge in [-0.2, -0.15) is 4.31 Å². The van der Waals surface area contributed by atoms with Crippen molar-refractivity contribution in [3.8, 4) is 0 Å². The van der Waals surface area contributed by atoms with E-state index in [0.29, 0.717) is 13.1 Å². The van der Waals surface area contributed by atoms with E-state index in [2.05, 4.69) is 0 Å². The van der Waals surface area contributed by atoms with Gasteiger partial charge in [-0.25, -0.2) is 8.42 Å². The van der Waals surface area contributed by atoms with Crippen molar-refractivity contribution in [2.45, 2.75) is 26.2 Å². The summed E-state index contributed by atoms with van der Waals surface area (Å²) in [5.41, 5.74) is 1.98. The first-order valence-electron chi connectivity index (χ1n) is 8.19. The Hall–Kier alpha value is -1.66. The first kappa shape index (κ1) is 17.2. The summed E-state index contributed by atoms with van der Waals surface area (Å²) in [6, 6.07) is 7.71. The number of hydrogen-bond donors (Lipinski definition) is 0. The fraction of sp³-hybridized carbons (Fsp3) is 0.500. The van der Waals surface area contributed by atoms with Gasteiger partial charge >= 0.3 is 5.97 Å². The number of aryl methyl sites for hydroxylation is 1. The summed E-state index contributed by atoms with van der Waals surface area (Å²) in [4.78, 5) is 11.6. The molecule has 1 aromatic carbocycles. The van der Waals surface area contributed by atoms with Crippen LogP contribution in [0, 0.1) is 18.3 Å². The Morgan fingerprint density at radius 2 is 1.88 bits per heavy atom. The SMILES string of the molecule is COC(=O)C1CC12CCN(S(=O)(=O)/C=C/c1ccc(C)cc1)CC2. The molecule has 2 fully saturated rings. The standard InChI is InChI=1S/C18H23NO4S/c1-14-3-5-15(6-4-14)7-12-24(21,22)19-10-8-18(9-11-19)13-16(18)17(20)23-2/h3-7,12,16H,8-11,13H2,1-2H3/b12-7+. The molecule has 24 heavy (non-hydrogen) atoms. The van der Waals surface area contributed by atoms with E-state index in [0.717, 1.165) is 30.4 Å². The maximum absolute atomic E-state index is 12.5. The molecule has 1 atom stereocenters. The largest absolute Gasteiger partial charge is 0.469 e. The molecule has 1 aliphatic heterocycles. The van der Waals surface area contributed by atoms with Crippen LogP contribution in [0.1, 0.15) is 30.4 Å². The third-order valence-electron chi connectivity index (χ3n) is 5.26. The molecule has 1 unspecified atom stereocenters. The van der Waals surface area contributed by atoms with Gasteiger partial charge in [-0.1, -0.05) is 29.8 Å². The average Bonchev–Trinajstić information content (AvgIpc) is 3.27. The highest BCUT2D eigenvalue weighted by molar-refractivity contribution is 7.92. The maximum atomic E-state index is 12.5. The number of methoxy groups -OCH3 is 1. The molecule has 1 saturated carbocycles. The van der Waals surface area contributed by atoms with Gasteiger partial charge in [0.2, 0.25) is 10.0 Å². The van der Waals surface area contributed by atoms with Gasteiger partial charge in [0.05, 0.1) is 13.0 Å². The number of rotatable bonds is 4. The molecule has 1 heterocycles. The van der Waals surface area contributed by atoms with E-state index in [9.17, 15) is 13.2 Å². The molecule has 130 valence electrons. The van der Waals surface area contributed by atoms with Gasteiger partial charge in [0.1, 0.15) is 0 Å². The maximum Gasteiger partial charge on any atom is 0.309 e. The molecule has 2 aliphatic rings. The van der Waals surface area contributed by atoms with Crippen molar-refractivity contribution in [2.75, 3.05) is 20.2 Å². The minimum atomic E-state index is -3.42. The molecule has 1 spiro atoms. The topological polar surface area (TPSA) is 63.7 Å². The monoisotopic (exact) mass is 349 g/mol. The molecule has 1 saturated heterocycles. The predicted octanol–water partition coefficient (Wildman–Crippen LogP) is 2.57. The van der Waals surface area contributed by atoms with Crippen molar-refractivity contribution in [3.63, 3.8) is 0 Å². The van der Waals surface area contributed by atoms with E-state index >= 15 is 0 Å². The lowest BCUT2D eigenvalue weighted by atomic mass is 9.92. The van der Waals surface area contributed by atoms with Gasteiger partial charge in [-0.15, -0.1) is 0 Å². The van der Waals surface area contributed by atoms with Crippen LogP contribution in [-0.2, 0) is 19.6 Å². The summed E-state index contributed by atoms with van der Waals surface area (Å²) in [5.74, 6) is -0.207. The first-order valence-corrected chi connectivity index (χ1v) is 9.69. The summed E-state index contributed by atoms with van der Waals surface area (Å²) in [6.45, 7) is 2.93. The lowest BCUT2D eigenvalue weighted by molar-refractivity contribution is -0.143. The molecule has 1 aliphatic carbocycles. The number of benzene rings is 1. The number of carbonyl (C=O) groups excluding carboxylic acids is 1. The van der Waals surface area contributed by atoms with Crippen molar-refractivity contribution in [1.82, 2.24) is 4.31 Å². The van der Waals surface area contributed by atoms with Crippen molar-refractivity contribution < 1.29 is 17.9 Å². The van der Waals surface area contributed by atoms with Crippen LogP contribution in [-0.4, -0.2) is 38.9 Å². The van der Waals surface area contributed by atoms with E-state index in [1.54, 1.807) is 6.08 Å². The quantitative estimate of drug-likeness (QED) is 0.784. The van der Waals surface area contributed by atoms with Gasteiger partial charge in [0.15, 0.2) is 0 Å². The summed E-state index contributed by atoms with van der Waals surface area (Å²) in [7, 11) is -2.01. The van der Waals surface area contributed by atoms with Crippen LogP contribution in [0.3, 0.4) is 0 Å². The van der Waals surface area contributed by atoms with Crippen LogP contribution in [0.4, 0.5) is 0 Å². The highest BCUT2D eigenvalue weighted by Gasteiger charge is 2.59. The molecule has 3 rings (SSSR count). The van der Waals surface area contributed by atoms with Gasteiger partial charge in [0.25, 0.3) is 0 Å². The second-order valence-corrected chi connectivity index (χ2v) is 8.62. The molecule has 0 aromatic heterocycles. The van der Waals surface area contributed by atoms with Gasteiger partial charge in [-0.05, 0) is 43.2 Å². The van der Waals surface area contributed by atoms with Crippen LogP contribution in [0.5, 0.6) is 0 Å². The van der Waals surface area contributed by atoms with Crippen molar-refractivity contribution in [2.24, 2.45) is 11.3 Å². The minimum Gasteiger partial charge on any atom is -0.469 e. The van der Waals surface area contributed by atoms with Crippen LogP contribution in [0.15, 0.2) is 29.7 Å². The van der Waals surface area contributed by atoms with Crippen LogP contribution in [0.25, 0.3) is 6.08 Å². The normalized spacial score (nSPS) is 23.5. The third-order valence-corrected chi connectivity index (χ3v) is 6.83. The fourth-order valence-corrected chi connectivity index (χ4v) is 4.68. The Balaban J connectivity index is 1.61. The summed E-state index contributed by atoms with van der Waals surface area (Å²) in [6.07, 6.45) is 3.91. The number of nitrogens with zero attached hydrogens (tertiary/aromatic N) is 1. The van der Waals surface area contributed by atoms with Crippen LogP contribution < -0.4 is 0 Å². The molecule has 0 radical (unpaired) electrons. The Bertz CT molecular complexity index is 744. The number of piperidine rings is 1. The number of esters is 1. The number of ether oxygens (including phenoxy) is 1. The van der Waals surface area contributed by atoms with Crippen molar-refractivity contribution in [3.05, 3.63) is 40.8 Å². The minimum absolute atomic E-state index is 0.0280. The Labute approximate surface area is 143 Å². The predicted molar refractivity (Wildman–Crippen MR) is 92.5 cm³/mol. The Morgan fingerprint density at radius 1 is 1.25 bits per heavy atom. The van der Waals surface area contributed by atoms with Crippen molar-refractivity contribution >= 4 is 22.1 Å². The lowest BCUT2D eigenvalue weighted by Gasteiger charge is -2.31. The number of carbonyl (C=O) groups is 1. The number of sulfonamides is 1. The van der Waals surface area contributed by atoms with Crippen LogP contribution in [0.2, 0.25) is 0 Å². The first-order chi connectivity index (χ1) is 11.4. The molecular weight excluding hydrogens is 326 g/mol. The molecule has 5 nitrogen and oxygen atoms in total. The van der Waals surface area contributed by atoms with Gasteiger partial charge in [-0.3, -0.25) is 4.79 Å². The van der Waals surface area contributed by atoms with Crippen LogP contribution >= 0.6 is 0 Å². The zero-order valence-electron chi connectivity index (χ0n) is 14.1. The average molecular weight is 349 g/mol. The zero-order valence-corrected chi connectivity index (χ0v) is 14.9. The van der Waals surface area contributed by atoms with Crippen molar-refractivity contribution in [1.29, 1.82) is 0 Å². The Kier molecular flexibility index (Phi) is 4.53. The van der Waals surface area contributed by atoms with E-state index < -0.39 is 10.0 Å². The highest BCUT2D eigenvalue weighted by Crippen LogP contribution is 2.59. The smallest absolute Gasteiger partial charge is 0.309 e. The summed E-state index contributed by atoms with van der Waals surface area (Å²) < 4.78 is 31.3. The molecule has 0 bridgehead atoms. The van der Waals surface area contributed by atoms with E-state index in [1.165, 1.54) is 16.8 Å². The summed E-state index contributed by atoms with van der Waals surface area (Å²) in [5, 5.41) is 1.28. The molecule has 1 aromatic rings. The Morgan fingerprint density at radius 3 is 2.46 bits per heavy atom. The van der Waals surface area contributed by atoms with Gasteiger partial charge < -0.3 is 4.74 Å². The molecule has 0 N–H and O–H groups in total. The van der Waals surface area contributed by atoms with E-state index in [4.69, 9.17) is 4.74 Å². The third kappa shape index (κ3) is 3.39. The lowest BCUT2D eigenvalue weighted by Crippen LogP contribution is -2.39. The highest BCUT2D eigenvalue weighted by atomic mass is 32.2. The molecule has 6 heteroatoms. The van der Waals surface area contributed by atoms with Gasteiger partial charge in [0, 0.05) is 18.5 Å². The second-order valence-electron chi connectivity index (χ2n) is 6.80. The second kappa shape index (κ2) is 6.33. The fourth-order valence-electron chi connectivity index (χ4n) is 3.49. The number of hydrogen-bond acceptors (Lipinski definition) is 4. The van der Waals surface area contributed by atoms with E-state index in [-0.39, 0.29) is 17.3 Å². The zero-order chi connectivity index (χ0) is 17.4. The molecule has 0 amide bonds.